The molecule has 0 atom stereocenters. The molecule has 0 radical (unpaired) electrons. The summed E-state index contributed by atoms with van der Waals surface area (Å²) in [5.74, 6) is 1.36. The normalized spacial score (nSPS) is 11.7. The van der Waals surface area contributed by atoms with Crippen molar-refractivity contribution in [1.29, 1.82) is 0 Å². The monoisotopic (exact) mass is 316 g/mol. The fourth-order valence-corrected chi connectivity index (χ4v) is 2.71. The maximum atomic E-state index is 13.5. The molecule has 0 aliphatic carbocycles. The number of rotatable bonds is 6. The molecule has 2 rings (SSSR count). The molecule has 0 unspecified atom stereocenters. The standard InChI is InChI=1S/C15H19Cl2FN2/c1-10(2)5-3-4-6-20-14-7-11(17)12(18)8-13(14)19-15(20)9-16/h7-8,10H,3-6,9H2,1-2H3. The molecule has 1 aromatic heterocycles. The lowest BCUT2D eigenvalue weighted by molar-refractivity contribution is 0.509. The van der Waals surface area contributed by atoms with E-state index in [0.29, 0.717) is 17.3 Å². The van der Waals surface area contributed by atoms with Gasteiger partial charge in [0.05, 0.1) is 21.9 Å². The summed E-state index contributed by atoms with van der Waals surface area (Å²) >= 11 is 11.8. The van der Waals surface area contributed by atoms with Crippen molar-refractivity contribution in [2.45, 2.75) is 45.5 Å². The van der Waals surface area contributed by atoms with Crippen molar-refractivity contribution in [2.75, 3.05) is 0 Å². The minimum Gasteiger partial charge on any atom is -0.327 e. The highest BCUT2D eigenvalue weighted by atomic mass is 35.5. The van der Waals surface area contributed by atoms with Crippen LogP contribution in [0.2, 0.25) is 5.02 Å². The lowest BCUT2D eigenvalue weighted by Crippen LogP contribution is -2.03. The average molecular weight is 317 g/mol. The minimum absolute atomic E-state index is 0.127. The topological polar surface area (TPSA) is 17.8 Å². The first-order valence-corrected chi connectivity index (χ1v) is 7.84. The summed E-state index contributed by atoms with van der Waals surface area (Å²) in [6.07, 6.45) is 3.43. The van der Waals surface area contributed by atoms with E-state index in [2.05, 4.69) is 18.8 Å². The van der Waals surface area contributed by atoms with Gasteiger partial charge in [-0.3, -0.25) is 0 Å². The molecule has 0 saturated heterocycles. The number of aryl methyl sites for hydroxylation is 1. The Morgan fingerprint density at radius 2 is 2.05 bits per heavy atom. The molecule has 0 fully saturated rings. The third kappa shape index (κ3) is 3.44. The maximum absolute atomic E-state index is 13.5. The molecule has 0 aliphatic heterocycles. The van der Waals surface area contributed by atoms with E-state index in [0.717, 1.165) is 30.7 Å². The zero-order chi connectivity index (χ0) is 14.7. The molecule has 5 heteroatoms. The second-order valence-corrected chi connectivity index (χ2v) is 6.13. The van der Waals surface area contributed by atoms with Crippen molar-refractivity contribution in [3.05, 3.63) is 28.8 Å². The Kier molecular flexibility index (Phi) is 5.28. The van der Waals surface area contributed by atoms with E-state index in [1.165, 1.54) is 12.5 Å². The molecule has 2 nitrogen and oxygen atoms in total. The predicted octanol–water partition coefficient (Wildman–Crippen LogP) is 5.39. The van der Waals surface area contributed by atoms with E-state index >= 15 is 0 Å². The second-order valence-electron chi connectivity index (χ2n) is 5.46. The van der Waals surface area contributed by atoms with Crippen LogP contribution in [0.4, 0.5) is 4.39 Å². The Bertz CT molecular complexity index is 593. The summed E-state index contributed by atoms with van der Waals surface area (Å²) < 4.78 is 15.5. The van der Waals surface area contributed by atoms with Crippen molar-refractivity contribution >= 4 is 34.2 Å². The van der Waals surface area contributed by atoms with E-state index in [1.807, 2.05) is 4.57 Å². The van der Waals surface area contributed by atoms with Gasteiger partial charge in [-0.2, -0.15) is 0 Å². The Hall–Kier alpha value is -0.800. The minimum atomic E-state index is -0.440. The van der Waals surface area contributed by atoms with E-state index in [9.17, 15) is 4.39 Å². The van der Waals surface area contributed by atoms with Crippen LogP contribution in [0.5, 0.6) is 0 Å². The van der Waals surface area contributed by atoms with Gasteiger partial charge in [0.25, 0.3) is 0 Å². The Morgan fingerprint density at radius 3 is 2.70 bits per heavy atom. The number of alkyl halides is 1. The number of aromatic nitrogens is 2. The molecule has 2 aromatic rings. The van der Waals surface area contributed by atoms with Crippen molar-refractivity contribution in [1.82, 2.24) is 9.55 Å². The summed E-state index contributed by atoms with van der Waals surface area (Å²) in [5.41, 5.74) is 1.48. The lowest BCUT2D eigenvalue weighted by atomic mass is 10.1. The van der Waals surface area contributed by atoms with Gasteiger partial charge < -0.3 is 4.57 Å². The average Bonchev–Trinajstić information content (AvgIpc) is 2.72. The summed E-state index contributed by atoms with van der Waals surface area (Å²) in [4.78, 5) is 4.38. The van der Waals surface area contributed by atoms with Gasteiger partial charge in [0.15, 0.2) is 0 Å². The molecule has 0 aliphatic rings. The Morgan fingerprint density at radius 1 is 1.30 bits per heavy atom. The van der Waals surface area contributed by atoms with E-state index in [1.54, 1.807) is 6.07 Å². The van der Waals surface area contributed by atoms with Gasteiger partial charge in [-0.1, -0.05) is 38.3 Å². The first-order valence-electron chi connectivity index (χ1n) is 6.93. The number of hydrogen-bond donors (Lipinski definition) is 0. The number of nitrogens with zero attached hydrogens (tertiary/aromatic N) is 2. The molecular weight excluding hydrogens is 298 g/mol. The molecule has 1 aromatic carbocycles. The predicted molar refractivity (Wildman–Crippen MR) is 82.9 cm³/mol. The van der Waals surface area contributed by atoms with Gasteiger partial charge in [0.1, 0.15) is 11.6 Å². The van der Waals surface area contributed by atoms with Crippen LogP contribution in [0.25, 0.3) is 11.0 Å². The third-order valence-electron chi connectivity index (χ3n) is 3.40. The quantitative estimate of drug-likeness (QED) is 0.515. The molecule has 0 N–H and O–H groups in total. The van der Waals surface area contributed by atoms with Gasteiger partial charge in [0, 0.05) is 12.6 Å². The van der Waals surface area contributed by atoms with Crippen LogP contribution in [0, 0.1) is 11.7 Å². The Labute approximate surface area is 128 Å². The number of fused-ring (bicyclic) bond motifs is 1. The summed E-state index contributed by atoms with van der Waals surface area (Å²) in [6.45, 7) is 5.28. The van der Waals surface area contributed by atoms with Crippen molar-refractivity contribution in [3.63, 3.8) is 0 Å². The van der Waals surface area contributed by atoms with Gasteiger partial charge in [-0.15, -0.1) is 11.6 Å². The first kappa shape index (κ1) is 15.6. The smallest absolute Gasteiger partial charge is 0.144 e. The van der Waals surface area contributed by atoms with Gasteiger partial charge >= 0.3 is 0 Å². The largest absolute Gasteiger partial charge is 0.327 e. The van der Waals surface area contributed by atoms with Gasteiger partial charge in [-0.05, 0) is 18.4 Å². The van der Waals surface area contributed by atoms with Crippen LogP contribution in [0.1, 0.15) is 38.9 Å². The molecule has 0 amide bonds. The number of benzene rings is 1. The van der Waals surface area contributed by atoms with Crippen molar-refractivity contribution in [2.24, 2.45) is 5.92 Å². The number of hydrogen-bond acceptors (Lipinski definition) is 1. The van der Waals surface area contributed by atoms with Crippen LogP contribution in [-0.4, -0.2) is 9.55 Å². The van der Waals surface area contributed by atoms with Crippen LogP contribution in [-0.2, 0) is 12.4 Å². The van der Waals surface area contributed by atoms with Gasteiger partial charge in [0.2, 0.25) is 0 Å². The number of halogens is 3. The summed E-state index contributed by atoms with van der Waals surface area (Å²) in [7, 11) is 0. The van der Waals surface area contributed by atoms with Crippen molar-refractivity contribution in [3.8, 4) is 0 Å². The highest BCUT2D eigenvalue weighted by molar-refractivity contribution is 6.31. The molecule has 20 heavy (non-hydrogen) atoms. The van der Waals surface area contributed by atoms with Crippen molar-refractivity contribution < 1.29 is 4.39 Å². The van der Waals surface area contributed by atoms with Crippen LogP contribution in [0.3, 0.4) is 0 Å². The summed E-state index contributed by atoms with van der Waals surface area (Å²) in [5, 5.41) is 0.127. The van der Waals surface area contributed by atoms with Gasteiger partial charge in [-0.25, -0.2) is 9.37 Å². The zero-order valence-electron chi connectivity index (χ0n) is 11.8. The molecule has 1 heterocycles. The second kappa shape index (κ2) is 6.77. The molecule has 0 spiro atoms. The van der Waals surface area contributed by atoms with Crippen LogP contribution in [0.15, 0.2) is 12.1 Å². The lowest BCUT2D eigenvalue weighted by Gasteiger charge is -2.09. The SMILES string of the molecule is CC(C)CCCCn1c(CCl)nc2cc(F)c(Cl)cc21. The summed E-state index contributed by atoms with van der Waals surface area (Å²) in [6, 6.07) is 3.01. The fourth-order valence-electron chi connectivity index (χ4n) is 2.34. The van der Waals surface area contributed by atoms with Crippen LogP contribution < -0.4 is 0 Å². The molecule has 110 valence electrons. The molecular formula is C15H19Cl2FN2. The molecule has 0 saturated carbocycles. The number of imidazole rings is 1. The van der Waals surface area contributed by atoms with E-state index in [4.69, 9.17) is 23.2 Å². The first-order chi connectivity index (χ1) is 9.52. The van der Waals surface area contributed by atoms with Crippen LogP contribution >= 0.6 is 23.2 Å². The fraction of sp³-hybridized carbons (Fsp3) is 0.533. The molecule has 0 bridgehead atoms. The Balaban J connectivity index is 2.23. The highest BCUT2D eigenvalue weighted by Gasteiger charge is 2.12. The van der Waals surface area contributed by atoms with E-state index < -0.39 is 5.82 Å². The van der Waals surface area contributed by atoms with E-state index in [-0.39, 0.29) is 5.02 Å². The third-order valence-corrected chi connectivity index (χ3v) is 3.93. The zero-order valence-corrected chi connectivity index (χ0v) is 13.3. The highest BCUT2D eigenvalue weighted by Crippen LogP contribution is 2.25. The number of unbranched alkanes of at least 4 members (excludes halogenated alkanes) is 1. The maximum Gasteiger partial charge on any atom is 0.144 e.